The van der Waals surface area contributed by atoms with E-state index in [1.807, 2.05) is 12.1 Å². The molecule has 0 unspecified atom stereocenters. The molecule has 6 heteroatoms. The van der Waals surface area contributed by atoms with Crippen LogP contribution in [0.25, 0.3) is 6.08 Å². The third-order valence-corrected chi connectivity index (χ3v) is 3.66. The Kier molecular flexibility index (Phi) is 4.57. The van der Waals surface area contributed by atoms with Crippen molar-refractivity contribution in [3.8, 4) is 5.75 Å². The molecule has 120 valence electrons. The van der Waals surface area contributed by atoms with E-state index in [1.54, 1.807) is 42.5 Å². The van der Waals surface area contributed by atoms with Crippen molar-refractivity contribution < 1.29 is 19.1 Å². The second-order valence-electron chi connectivity index (χ2n) is 5.01. The van der Waals surface area contributed by atoms with Crippen LogP contribution in [0, 0.1) is 0 Å². The van der Waals surface area contributed by atoms with Crippen LogP contribution in [0.3, 0.4) is 0 Å². The van der Waals surface area contributed by atoms with Crippen LogP contribution in [0.15, 0.2) is 63.7 Å². The van der Waals surface area contributed by atoms with Crippen molar-refractivity contribution in [2.24, 2.45) is 4.99 Å². The van der Waals surface area contributed by atoms with E-state index in [0.717, 1.165) is 4.47 Å². The van der Waals surface area contributed by atoms with Crippen LogP contribution in [0.4, 0.5) is 0 Å². The zero-order valence-electron chi connectivity index (χ0n) is 12.7. The average molecular weight is 386 g/mol. The van der Waals surface area contributed by atoms with Gasteiger partial charge in [-0.1, -0.05) is 28.1 Å². The molecule has 0 N–H and O–H groups in total. The van der Waals surface area contributed by atoms with E-state index in [-0.39, 0.29) is 11.6 Å². The first kappa shape index (κ1) is 16.1. The minimum Gasteiger partial charge on any atom is -0.427 e. The largest absolute Gasteiger partial charge is 0.427 e. The van der Waals surface area contributed by atoms with Crippen molar-refractivity contribution >= 4 is 39.8 Å². The molecule has 0 amide bonds. The highest BCUT2D eigenvalue weighted by Crippen LogP contribution is 2.22. The summed E-state index contributed by atoms with van der Waals surface area (Å²) < 4.78 is 11.2. The van der Waals surface area contributed by atoms with Gasteiger partial charge in [0.2, 0.25) is 5.90 Å². The van der Waals surface area contributed by atoms with E-state index in [2.05, 4.69) is 20.9 Å². The molecule has 0 bridgehead atoms. The fraction of sp³-hybridized carbons (Fsp3) is 0.0556. The lowest BCUT2D eigenvalue weighted by atomic mass is 10.2. The van der Waals surface area contributed by atoms with E-state index in [4.69, 9.17) is 9.47 Å². The molecule has 1 aliphatic heterocycles. The molecule has 1 aliphatic rings. The number of aliphatic imine (C=N–C) groups is 1. The molecule has 0 atom stereocenters. The summed E-state index contributed by atoms with van der Waals surface area (Å²) in [6.45, 7) is 1.33. The van der Waals surface area contributed by atoms with Gasteiger partial charge < -0.3 is 9.47 Å². The van der Waals surface area contributed by atoms with Gasteiger partial charge in [-0.25, -0.2) is 9.79 Å². The number of esters is 2. The number of nitrogens with zero attached hydrogens (tertiary/aromatic N) is 1. The molecule has 2 aromatic rings. The number of hydrogen-bond donors (Lipinski definition) is 0. The smallest absolute Gasteiger partial charge is 0.363 e. The normalized spacial score (nSPS) is 15.2. The van der Waals surface area contributed by atoms with Gasteiger partial charge in [0.1, 0.15) is 5.75 Å². The second-order valence-corrected chi connectivity index (χ2v) is 5.92. The Labute approximate surface area is 146 Å². The Hall–Kier alpha value is -2.73. The molecule has 0 aliphatic carbocycles. The lowest BCUT2D eigenvalue weighted by Crippen LogP contribution is -2.05. The van der Waals surface area contributed by atoms with Gasteiger partial charge in [0.05, 0.1) is 0 Å². The Balaban J connectivity index is 1.88. The highest BCUT2D eigenvalue weighted by atomic mass is 79.9. The molecule has 0 saturated carbocycles. The van der Waals surface area contributed by atoms with E-state index >= 15 is 0 Å². The van der Waals surface area contributed by atoms with Crippen molar-refractivity contribution in [2.75, 3.05) is 0 Å². The van der Waals surface area contributed by atoms with Gasteiger partial charge in [-0.2, -0.15) is 0 Å². The quantitative estimate of drug-likeness (QED) is 0.458. The molecule has 0 fully saturated rings. The molecule has 0 spiro atoms. The summed E-state index contributed by atoms with van der Waals surface area (Å²) in [6.07, 6.45) is 1.58. The average Bonchev–Trinajstić information content (AvgIpc) is 2.89. The summed E-state index contributed by atoms with van der Waals surface area (Å²) in [6, 6.07) is 14.1. The molecular formula is C18H12BrNO4. The molecule has 5 nitrogen and oxygen atoms in total. The van der Waals surface area contributed by atoms with Crippen molar-refractivity contribution in [2.45, 2.75) is 6.92 Å². The predicted molar refractivity (Wildman–Crippen MR) is 92.5 cm³/mol. The summed E-state index contributed by atoms with van der Waals surface area (Å²) in [5.74, 6) is -0.267. The first-order chi connectivity index (χ1) is 11.5. The lowest BCUT2D eigenvalue weighted by molar-refractivity contribution is -0.132. The SMILES string of the molecule is CC(=O)Oc1cccc(/C=C2/N=C(c3ccc(Br)cc3)OC2=O)c1. The first-order valence-corrected chi connectivity index (χ1v) is 7.87. The zero-order chi connectivity index (χ0) is 17.1. The number of halogens is 1. The first-order valence-electron chi connectivity index (χ1n) is 7.08. The minimum absolute atomic E-state index is 0.188. The van der Waals surface area contributed by atoms with E-state index < -0.39 is 11.9 Å². The topological polar surface area (TPSA) is 65.0 Å². The van der Waals surface area contributed by atoms with Gasteiger partial charge in [-0.15, -0.1) is 0 Å². The highest BCUT2D eigenvalue weighted by molar-refractivity contribution is 9.10. The Morgan fingerprint density at radius 2 is 1.96 bits per heavy atom. The van der Waals surface area contributed by atoms with E-state index in [0.29, 0.717) is 16.9 Å². The van der Waals surface area contributed by atoms with Crippen LogP contribution in [-0.4, -0.2) is 17.8 Å². The Morgan fingerprint density at radius 3 is 2.67 bits per heavy atom. The van der Waals surface area contributed by atoms with E-state index in [9.17, 15) is 9.59 Å². The fourth-order valence-electron chi connectivity index (χ4n) is 2.12. The van der Waals surface area contributed by atoms with Crippen molar-refractivity contribution in [3.05, 3.63) is 69.8 Å². The van der Waals surface area contributed by atoms with Crippen LogP contribution in [0.2, 0.25) is 0 Å². The van der Waals surface area contributed by atoms with Gasteiger partial charge in [0, 0.05) is 17.0 Å². The summed E-state index contributed by atoms with van der Waals surface area (Å²) in [4.78, 5) is 27.2. The van der Waals surface area contributed by atoms with Crippen LogP contribution in [-0.2, 0) is 14.3 Å². The van der Waals surface area contributed by atoms with Gasteiger partial charge in [0.15, 0.2) is 5.70 Å². The number of benzene rings is 2. The van der Waals surface area contributed by atoms with Crippen LogP contribution >= 0.6 is 15.9 Å². The molecule has 0 saturated heterocycles. The maximum absolute atomic E-state index is 12.0. The van der Waals surface area contributed by atoms with Crippen molar-refractivity contribution in [1.29, 1.82) is 0 Å². The number of ether oxygens (including phenoxy) is 2. The standard InChI is InChI=1S/C18H12BrNO4/c1-11(21)23-15-4-2-3-12(9-15)10-16-18(22)24-17(20-16)13-5-7-14(19)8-6-13/h2-10H,1H3/b16-10+. The minimum atomic E-state index is -0.522. The number of cyclic esters (lactones) is 1. The maximum Gasteiger partial charge on any atom is 0.363 e. The van der Waals surface area contributed by atoms with Crippen LogP contribution in [0.1, 0.15) is 18.1 Å². The van der Waals surface area contributed by atoms with E-state index in [1.165, 1.54) is 6.92 Å². The predicted octanol–water partition coefficient (Wildman–Crippen LogP) is 3.72. The monoisotopic (exact) mass is 385 g/mol. The fourth-order valence-corrected chi connectivity index (χ4v) is 2.38. The van der Waals surface area contributed by atoms with Crippen LogP contribution < -0.4 is 4.74 Å². The summed E-state index contributed by atoms with van der Waals surface area (Å²) in [5.41, 5.74) is 1.58. The van der Waals surface area contributed by atoms with Gasteiger partial charge >= 0.3 is 11.9 Å². The third-order valence-electron chi connectivity index (χ3n) is 3.13. The molecule has 3 rings (SSSR count). The summed E-state index contributed by atoms with van der Waals surface area (Å²) in [7, 11) is 0. The Bertz CT molecular complexity index is 869. The second kappa shape index (κ2) is 6.80. The van der Waals surface area contributed by atoms with Gasteiger partial charge in [0.25, 0.3) is 0 Å². The van der Waals surface area contributed by atoms with Gasteiger partial charge in [-0.05, 0) is 48.0 Å². The number of rotatable bonds is 3. The Morgan fingerprint density at radius 1 is 1.21 bits per heavy atom. The van der Waals surface area contributed by atoms with Crippen LogP contribution in [0.5, 0.6) is 5.75 Å². The number of carbonyl (C=O) groups excluding carboxylic acids is 2. The molecule has 0 radical (unpaired) electrons. The third kappa shape index (κ3) is 3.78. The van der Waals surface area contributed by atoms with Crippen molar-refractivity contribution in [1.82, 2.24) is 0 Å². The summed E-state index contributed by atoms with van der Waals surface area (Å²) in [5, 5.41) is 0. The highest BCUT2D eigenvalue weighted by Gasteiger charge is 2.24. The molecule has 24 heavy (non-hydrogen) atoms. The number of hydrogen-bond acceptors (Lipinski definition) is 5. The van der Waals surface area contributed by atoms with Crippen molar-refractivity contribution in [3.63, 3.8) is 0 Å². The molecular weight excluding hydrogens is 374 g/mol. The van der Waals surface area contributed by atoms with Gasteiger partial charge in [-0.3, -0.25) is 4.79 Å². The maximum atomic E-state index is 12.0. The molecule has 1 heterocycles. The summed E-state index contributed by atoms with van der Waals surface area (Å²) >= 11 is 3.35. The number of carbonyl (C=O) groups is 2. The lowest BCUT2D eigenvalue weighted by Gasteiger charge is -2.01. The zero-order valence-corrected chi connectivity index (χ0v) is 14.2. The molecule has 0 aromatic heterocycles. The molecule has 2 aromatic carbocycles.